The average molecular weight is 421 g/mol. The molecule has 1 aliphatic heterocycles. The number of hydrogen-bond donors (Lipinski definition) is 1. The number of rotatable bonds is 5. The Hall–Kier alpha value is -0.820. The first kappa shape index (κ1) is 21.5. The third-order valence-electron chi connectivity index (χ3n) is 5.21. The van der Waals surface area contributed by atoms with Crippen molar-refractivity contribution >= 4 is 39.8 Å². The first-order chi connectivity index (χ1) is 12.0. The maximum absolute atomic E-state index is 12.7. The summed E-state index contributed by atoms with van der Waals surface area (Å²) in [5, 5.41) is 3.69. The van der Waals surface area contributed by atoms with Crippen molar-refractivity contribution < 1.29 is 13.2 Å². The SMILES string of the molecule is Cl.O=C(CCS(=O)(=O)C1CCCC1)N1CCNCC1c1cccc(Cl)c1. The van der Waals surface area contributed by atoms with E-state index in [-0.39, 0.29) is 41.8 Å². The fourth-order valence-electron chi connectivity index (χ4n) is 3.80. The molecule has 0 aromatic heterocycles. The molecule has 1 amide bonds. The van der Waals surface area contributed by atoms with Gasteiger partial charge in [0.2, 0.25) is 5.91 Å². The molecule has 1 unspecified atom stereocenters. The van der Waals surface area contributed by atoms with Gasteiger partial charge in [0, 0.05) is 31.1 Å². The minimum Gasteiger partial charge on any atom is -0.333 e. The minimum absolute atomic E-state index is 0. The van der Waals surface area contributed by atoms with Gasteiger partial charge >= 0.3 is 0 Å². The molecule has 26 heavy (non-hydrogen) atoms. The standard InChI is InChI=1S/C18H25ClN2O3S.ClH/c19-15-5-3-4-14(12-15)17-13-20-9-10-21(17)18(22)8-11-25(23,24)16-6-1-2-7-16;/h3-5,12,16-17,20H,1-2,6-11,13H2;1H. The molecular formula is C18H26Cl2N2O3S. The summed E-state index contributed by atoms with van der Waals surface area (Å²) in [5.41, 5.74) is 0.978. The third-order valence-corrected chi connectivity index (χ3v) is 7.70. The van der Waals surface area contributed by atoms with Gasteiger partial charge in [-0.05, 0) is 30.5 Å². The Morgan fingerprint density at radius 2 is 2.00 bits per heavy atom. The van der Waals surface area contributed by atoms with Gasteiger partial charge in [-0.15, -0.1) is 12.4 Å². The zero-order chi connectivity index (χ0) is 17.9. The number of nitrogens with zero attached hydrogens (tertiary/aromatic N) is 1. The van der Waals surface area contributed by atoms with Crippen molar-refractivity contribution in [1.29, 1.82) is 0 Å². The lowest BCUT2D eigenvalue weighted by atomic mass is 10.0. The number of benzene rings is 1. The largest absolute Gasteiger partial charge is 0.333 e. The molecule has 1 aliphatic carbocycles. The molecular weight excluding hydrogens is 395 g/mol. The van der Waals surface area contributed by atoms with E-state index in [1.807, 2.05) is 24.3 Å². The number of halogens is 2. The van der Waals surface area contributed by atoms with Crippen molar-refractivity contribution in [3.8, 4) is 0 Å². The topological polar surface area (TPSA) is 66.5 Å². The second kappa shape index (κ2) is 9.40. The van der Waals surface area contributed by atoms with Crippen LogP contribution in [0.5, 0.6) is 0 Å². The Balaban J connectivity index is 0.00000243. The fraction of sp³-hybridized carbons (Fsp3) is 0.611. The number of sulfone groups is 1. The van der Waals surface area contributed by atoms with Crippen molar-refractivity contribution in [2.24, 2.45) is 0 Å². The summed E-state index contributed by atoms with van der Waals surface area (Å²) in [6, 6.07) is 7.41. The van der Waals surface area contributed by atoms with E-state index in [0.29, 0.717) is 18.1 Å². The summed E-state index contributed by atoms with van der Waals surface area (Å²) < 4.78 is 24.8. The smallest absolute Gasteiger partial charge is 0.224 e. The van der Waals surface area contributed by atoms with Crippen LogP contribution in [0.25, 0.3) is 0 Å². The fourth-order valence-corrected chi connectivity index (χ4v) is 5.84. The lowest BCUT2D eigenvalue weighted by molar-refractivity contribution is -0.134. The van der Waals surface area contributed by atoms with Gasteiger partial charge in [-0.25, -0.2) is 8.42 Å². The predicted molar refractivity (Wildman–Crippen MR) is 107 cm³/mol. The van der Waals surface area contributed by atoms with Gasteiger partial charge in [-0.3, -0.25) is 4.79 Å². The van der Waals surface area contributed by atoms with Gasteiger partial charge in [0.1, 0.15) is 0 Å². The molecule has 146 valence electrons. The van der Waals surface area contributed by atoms with Crippen LogP contribution in [0.4, 0.5) is 0 Å². The Kier molecular flexibility index (Phi) is 7.76. The van der Waals surface area contributed by atoms with Crippen molar-refractivity contribution in [2.45, 2.75) is 43.4 Å². The summed E-state index contributed by atoms with van der Waals surface area (Å²) in [6.45, 7) is 1.96. The van der Waals surface area contributed by atoms with Crippen LogP contribution in [0.15, 0.2) is 24.3 Å². The zero-order valence-corrected chi connectivity index (χ0v) is 17.1. The van der Waals surface area contributed by atoms with Gasteiger partial charge in [0.25, 0.3) is 0 Å². The summed E-state index contributed by atoms with van der Waals surface area (Å²) in [6.07, 6.45) is 3.51. The van der Waals surface area contributed by atoms with E-state index in [9.17, 15) is 13.2 Å². The van der Waals surface area contributed by atoms with Crippen LogP contribution in [-0.2, 0) is 14.6 Å². The van der Waals surface area contributed by atoms with Crippen LogP contribution in [0, 0.1) is 0 Å². The van der Waals surface area contributed by atoms with Crippen LogP contribution >= 0.6 is 24.0 Å². The molecule has 1 atom stereocenters. The second-order valence-electron chi connectivity index (χ2n) is 6.89. The summed E-state index contributed by atoms with van der Waals surface area (Å²) in [7, 11) is -3.17. The molecule has 2 aliphatic rings. The number of carbonyl (C=O) groups is 1. The molecule has 1 saturated heterocycles. The summed E-state index contributed by atoms with van der Waals surface area (Å²) in [5.74, 6) is -0.129. The highest BCUT2D eigenvalue weighted by atomic mass is 35.5. The molecule has 1 N–H and O–H groups in total. The highest BCUT2D eigenvalue weighted by Gasteiger charge is 2.32. The molecule has 3 rings (SSSR count). The lowest BCUT2D eigenvalue weighted by Crippen LogP contribution is -2.49. The van der Waals surface area contributed by atoms with E-state index >= 15 is 0 Å². The number of amides is 1. The monoisotopic (exact) mass is 420 g/mol. The maximum atomic E-state index is 12.7. The van der Waals surface area contributed by atoms with Gasteiger partial charge in [0.05, 0.1) is 17.0 Å². The molecule has 1 heterocycles. The van der Waals surface area contributed by atoms with E-state index in [1.165, 1.54) is 0 Å². The molecule has 8 heteroatoms. The van der Waals surface area contributed by atoms with E-state index < -0.39 is 9.84 Å². The third kappa shape index (κ3) is 5.12. The predicted octanol–water partition coefficient (Wildman–Crippen LogP) is 2.98. The molecule has 0 bridgehead atoms. The Bertz CT molecular complexity index is 721. The first-order valence-electron chi connectivity index (χ1n) is 8.94. The quantitative estimate of drug-likeness (QED) is 0.794. The molecule has 5 nitrogen and oxygen atoms in total. The molecule has 0 spiro atoms. The highest BCUT2D eigenvalue weighted by Crippen LogP contribution is 2.27. The second-order valence-corrected chi connectivity index (χ2v) is 9.72. The summed E-state index contributed by atoms with van der Waals surface area (Å²) in [4.78, 5) is 14.5. The first-order valence-corrected chi connectivity index (χ1v) is 11.0. The van der Waals surface area contributed by atoms with E-state index in [4.69, 9.17) is 11.6 Å². The Morgan fingerprint density at radius 1 is 1.27 bits per heavy atom. The van der Waals surface area contributed by atoms with Crippen LogP contribution in [-0.4, -0.2) is 49.9 Å². The maximum Gasteiger partial charge on any atom is 0.224 e. The number of piperazine rings is 1. The zero-order valence-electron chi connectivity index (χ0n) is 14.7. The molecule has 2 fully saturated rings. The lowest BCUT2D eigenvalue weighted by Gasteiger charge is -2.36. The van der Waals surface area contributed by atoms with Gasteiger partial charge < -0.3 is 10.2 Å². The van der Waals surface area contributed by atoms with Crippen molar-refractivity contribution in [3.63, 3.8) is 0 Å². The Morgan fingerprint density at radius 3 is 2.69 bits per heavy atom. The van der Waals surface area contributed by atoms with E-state index in [0.717, 1.165) is 37.8 Å². The van der Waals surface area contributed by atoms with Crippen LogP contribution in [0.1, 0.15) is 43.7 Å². The molecule has 1 aromatic rings. The normalized spacial score (nSPS) is 21.4. The van der Waals surface area contributed by atoms with E-state index in [2.05, 4.69) is 5.32 Å². The molecule has 1 saturated carbocycles. The van der Waals surface area contributed by atoms with Gasteiger partial charge in [-0.2, -0.15) is 0 Å². The van der Waals surface area contributed by atoms with Crippen LogP contribution < -0.4 is 5.32 Å². The Labute approximate surface area is 166 Å². The van der Waals surface area contributed by atoms with Crippen molar-refractivity contribution in [1.82, 2.24) is 10.2 Å². The van der Waals surface area contributed by atoms with Gasteiger partial charge in [-0.1, -0.05) is 36.6 Å². The molecule has 1 aromatic carbocycles. The van der Waals surface area contributed by atoms with Crippen molar-refractivity contribution in [2.75, 3.05) is 25.4 Å². The molecule has 0 radical (unpaired) electrons. The van der Waals surface area contributed by atoms with Crippen LogP contribution in [0.2, 0.25) is 5.02 Å². The number of carbonyl (C=O) groups excluding carboxylic acids is 1. The minimum atomic E-state index is -3.17. The summed E-state index contributed by atoms with van der Waals surface area (Å²) >= 11 is 6.08. The number of hydrogen-bond acceptors (Lipinski definition) is 4. The van der Waals surface area contributed by atoms with E-state index in [1.54, 1.807) is 4.90 Å². The number of nitrogens with one attached hydrogen (secondary N) is 1. The van der Waals surface area contributed by atoms with Crippen LogP contribution in [0.3, 0.4) is 0 Å². The van der Waals surface area contributed by atoms with Crippen molar-refractivity contribution in [3.05, 3.63) is 34.9 Å². The average Bonchev–Trinajstić information content (AvgIpc) is 3.15. The highest BCUT2D eigenvalue weighted by molar-refractivity contribution is 7.92. The van der Waals surface area contributed by atoms with Gasteiger partial charge in [0.15, 0.2) is 9.84 Å².